The molecule has 0 unspecified atom stereocenters. The summed E-state index contributed by atoms with van der Waals surface area (Å²) in [4.78, 5) is 0. The zero-order valence-electron chi connectivity index (χ0n) is 4.77. The minimum absolute atomic E-state index is 0.991. The molecule has 1 nitrogen and oxygen atoms in total. The van der Waals surface area contributed by atoms with Crippen molar-refractivity contribution in [2.45, 2.75) is 0 Å². The SMILES string of the molecule is O=Ic1cccc(I)c1I. The molecule has 0 aliphatic rings. The molecule has 0 atom stereocenters. The number of benzene rings is 1. The summed E-state index contributed by atoms with van der Waals surface area (Å²) in [7, 11) is 0. The lowest BCUT2D eigenvalue weighted by Gasteiger charge is -1.95. The van der Waals surface area contributed by atoms with Crippen molar-refractivity contribution in [3.8, 4) is 0 Å². The molecule has 1 rings (SSSR count). The van der Waals surface area contributed by atoms with Gasteiger partial charge >= 0.3 is 0 Å². The minimum atomic E-state index is -0.991. The summed E-state index contributed by atoms with van der Waals surface area (Å²) in [5.74, 6) is 0. The van der Waals surface area contributed by atoms with Crippen LogP contribution in [0.1, 0.15) is 0 Å². The molecule has 1 aromatic carbocycles. The van der Waals surface area contributed by atoms with Gasteiger partial charge in [-0.3, -0.25) is 3.07 Å². The van der Waals surface area contributed by atoms with Crippen LogP contribution < -0.4 is 0 Å². The molecule has 0 saturated heterocycles. The molecule has 0 radical (unpaired) electrons. The second-order valence-electron chi connectivity index (χ2n) is 1.61. The van der Waals surface area contributed by atoms with E-state index in [2.05, 4.69) is 45.2 Å². The molecule has 54 valence electrons. The van der Waals surface area contributed by atoms with Gasteiger partial charge in [-0.25, -0.2) is 0 Å². The molecule has 0 aliphatic heterocycles. The Labute approximate surface area is 96.9 Å². The fraction of sp³-hybridized carbons (Fsp3) is 0. The Morgan fingerprint density at radius 3 is 2.50 bits per heavy atom. The zero-order valence-corrected chi connectivity index (χ0v) is 11.2. The summed E-state index contributed by atoms with van der Waals surface area (Å²) in [5, 5.41) is 0. The lowest BCUT2D eigenvalue weighted by molar-refractivity contribution is 0.648. The summed E-state index contributed by atoms with van der Waals surface area (Å²) in [6.45, 7) is 0. The highest BCUT2D eigenvalue weighted by Gasteiger charge is 2.00. The van der Waals surface area contributed by atoms with Gasteiger partial charge in [0.05, 0.1) is 3.57 Å². The highest BCUT2D eigenvalue weighted by atomic mass is 127. The van der Waals surface area contributed by atoms with Gasteiger partial charge in [-0.2, -0.15) is 0 Å². The van der Waals surface area contributed by atoms with E-state index < -0.39 is 21.2 Å². The molecular formula is C6H3I3O. The molecule has 0 bridgehead atoms. The highest BCUT2D eigenvalue weighted by Crippen LogP contribution is 2.22. The summed E-state index contributed by atoms with van der Waals surface area (Å²) >= 11 is 3.48. The standard InChI is InChI=1S/C6H3I3O/c7-4-2-1-3-5(9-10)6(4)8/h1-3H. The van der Waals surface area contributed by atoms with Gasteiger partial charge in [-0.05, 0) is 57.3 Å². The van der Waals surface area contributed by atoms with Crippen LogP contribution in [0.15, 0.2) is 18.2 Å². The molecule has 0 N–H and O–H groups in total. The van der Waals surface area contributed by atoms with Crippen molar-refractivity contribution in [2.75, 3.05) is 0 Å². The maximum absolute atomic E-state index is 10.6. The second kappa shape index (κ2) is 4.29. The Morgan fingerprint density at radius 2 is 2.00 bits per heavy atom. The molecule has 0 spiro atoms. The van der Waals surface area contributed by atoms with Crippen molar-refractivity contribution in [3.63, 3.8) is 0 Å². The Hall–Kier alpha value is 1.21. The van der Waals surface area contributed by atoms with Gasteiger partial charge in [0, 0.05) is 7.14 Å². The lowest BCUT2D eigenvalue weighted by Crippen LogP contribution is -1.82. The number of halogens is 3. The summed E-state index contributed by atoms with van der Waals surface area (Å²) in [6.07, 6.45) is 0. The molecule has 1 aromatic rings. The van der Waals surface area contributed by atoms with Gasteiger partial charge in [-0.1, -0.05) is 6.07 Å². The van der Waals surface area contributed by atoms with E-state index in [0.29, 0.717) is 0 Å². The largest absolute Gasteiger partial charge is 0.265 e. The van der Waals surface area contributed by atoms with Gasteiger partial charge in [-0.15, -0.1) is 0 Å². The molecule has 4 heteroatoms. The first-order valence-corrected chi connectivity index (χ1v) is 6.58. The molecule has 0 aromatic heterocycles. The van der Waals surface area contributed by atoms with Gasteiger partial charge in [0.1, 0.15) is 0 Å². The average molecular weight is 472 g/mol. The third-order valence-electron chi connectivity index (χ3n) is 0.988. The normalized spacial score (nSPS) is 9.80. The van der Waals surface area contributed by atoms with E-state index in [1.54, 1.807) is 0 Å². The predicted molar refractivity (Wildman–Crippen MR) is 65.3 cm³/mol. The Balaban J connectivity index is 3.27. The summed E-state index contributed by atoms with van der Waals surface area (Å²) in [6, 6.07) is 5.88. The molecule has 0 aliphatic carbocycles. The van der Waals surface area contributed by atoms with Gasteiger partial charge < -0.3 is 0 Å². The van der Waals surface area contributed by atoms with Gasteiger partial charge in [0.25, 0.3) is 0 Å². The molecule has 0 fully saturated rings. The van der Waals surface area contributed by atoms with Gasteiger partial charge in [0.2, 0.25) is 0 Å². The smallest absolute Gasteiger partial charge is 0.183 e. The first kappa shape index (κ1) is 9.30. The Kier molecular flexibility index (Phi) is 3.99. The van der Waals surface area contributed by atoms with Crippen LogP contribution in [0.5, 0.6) is 0 Å². The fourth-order valence-electron chi connectivity index (χ4n) is 0.537. The van der Waals surface area contributed by atoms with Crippen molar-refractivity contribution >= 4 is 66.4 Å². The predicted octanol–water partition coefficient (Wildman–Crippen LogP) is 3.38. The van der Waals surface area contributed by atoms with Crippen LogP contribution in [0.4, 0.5) is 0 Å². The number of hydrogen-bond donors (Lipinski definition) is 0. The maximum atomic E-state index is 10.6. The summed E-state index contributed by atoms with van der Waals surface area (Å²) < 4.78 is 13.9. The lowest BCUT2D eigenvalue weighted by atomic mass is 10.4. The molecule has 10 heavy (non-hydrogen) atoms. The quantitative estimate of drug-likeness (QED) is 0.453. The van der Waals surface area contributed by atoms with E-state index in [1.807, 2.05) is 18.2 Å². The number of hydrogen-bond acceptors (Lipinski definition) is 1. The Morgan fingerprint density at radius 1 is 1.30 bits per heavy atom. The van der Waals surface area contributed by atoms with Crippen molar-refractivity contribution in [1.29, 1.82) is 0 Å². The van der Waals surface area contributed by atoms with Crippen molar-refractivity contribution in [3.05, 3.63) is 28.9 Å². The van der Waals surface area contributed by atoms with Crippen LogP contribution in [0.2, 0.25) is 0 Å². The van der Waals surface area contributed by atoms with E-state index >= 15 is 0 Å². The van der Waals surface area contributed by atoms with E-state index in [0.717, 1.165) is 7.14 Å². The van der Waals surface area contributed by atoms with Crippen LogP contribution in [0.25, 0.3) is 0 Å². The molecule has 0 saturated carbocycles. The van der Waals surface area contributed by atoms with Crippen molar-refractivity contribution < 1.29 is 3.07 Å². The van der Waals surface area contributed by atoms with Crippen LogP contribution in [-0.4, -0.2) is 0 Å². The molecule has 0 amide bonds. The van der Waals surface area contributed by atoms with Gasteiger partial charge in [0.15, 0.2) is 21.2 Å². The summed E-state index contributed by atoms with van der Waals surface area (Å²) in [5.41, 5.74) is 0. The van der Waals surface area contributed by atoms with E-state index in [-0.39, 0.29) is 0 Å². The van der Waals surface area contributed by atoms with Crippen LogP contribution >= 0.6 is 66.4 Å². The topological polar surface area (TPSA) is 17.1 Å². The van der Waals surface area contributed by atoms with Crippen molar-refractivity contribution in [2.24, 2.45) is 0 Å². The number of rotatable bonds is 1. The molecular weight excluding hydrogens is 469 g/mol. The molecule has 0 heterocycles. The van der Waals surface area contributed by atoms with Crippen LogP contribution in [-0.2, 0) is 3.07 Å². The second-order valence-corrected chi connectivity index (χ2v) is 5.46. The third kappa shape index (κ3) is 2.10. The minimum Gasteiger partial charge on any atom is -0.265 e. The van der Waals surface area contributed by atoms with Crippen LogP contribution in [0.3, 0.4) is 0 Å². The van der Waals surface area contributed by atoms with E-state index in [4.69, 9.17) is 0 Å². The third-order valence-corrected chi connectivity index (χ3v) is 6.49. The zero-order chi connectivity index (χ0) is 7.56. The Bertz CT molecular complexity index is 259. The average Bonchev–Trinajstić information content (AvgIpc) is 1.95. The highest BCUT2D eigenvalue weighted by molar-refractivity contribution is 14.2. The van der Waals surface area contributed by atoms with E-state index in [9.17, 15) is 3.07 Å². The van der Waals surface area contributed by atoms with Crippen molar-refractivity contribution in [1.82, 2.24) is 0 Å². The first-order chi connectivity index (χ1) is 4.75. The van der Waals surface area contributed by atoms with Crippen LogP contribution in [0, 0.1) is 10.7 Å². The maximum Gasteiger partial charge on any atom is 0.183 e. The first-order valence-electron chi connectivity index (χ1n) is 2.47. The monoisotopic (exact) mass is 472 g/mol. The van der Waals surface area contributed by atoms with E-state index in [1.165, 1.54) is 3.57 Å². The fourth-order valence-corrected chi connectivity index (χ4v) is 3.31.